The van der Waals surface area contributed by atoms with Crippen LogP contribution in [-0.2, 0) is 0 Å². The van der Waals surface area contributed by atoms with Crippen molar-refractivity contribution in [3.63, 3.8) is 0 Å². The van der Waals surface area contributed by atoms with E-state index in [0.29, 0.717) is 18.2 Å². The van der Waals surface area contributed by atoms with E-state index in [0.717, 1.165) is 6.54 Å². The Balaban J connectivity index is 2.21. The topological polar surface area (TPSA) is 41.5 Å². The number of aliphatic hydroxyl groups is 1. The third kappa shape index (κ3) is 6.24. The molecule has 96 valence electrons. The van der Waals surface area contributed by atoms with Gasteiger partial charge in [0.25, 0.3) is 0 Å². The highest BCUT2D eigenvalue weighted by Gasteiger charge is 2.05. The molecule has 0 heterocycles. The van der Waals surface area contributed by atoms with Gasteiger partial charge in [-0.15, -0.1) is 0 Å². The van der Waals surface area contributed by atoms with Gasteiger partial charge in [-0.25, -0.2) is 4.39 Å². The predicted octanol–water partition coefficient (Wildman–Crippen LogP) is 1.81. The number of aliphatic hydroxyl groups excluding tert-OH is 1. The van der Waals surface area contributed by atoms with Gasteiger partial charge in [-0.1, -0.05) is 19.9 Å². The molecule has 1 aromatic carbocycles. The van der Waals surface area contributed by atoms with Gasteiger partial charge in [0, 0.05) is 12.6 Å². The molecule has 0 aromatic heterocycles. The summed E-state index contributed by atoms with van der Waals surface area (Å²) >= 11 is 0. The SMILES string of the molecule is CC(C)CNCC(O)COc1cccc(F)c1. The van der Waals surface area contributed by atoms with Crippen LogP contribution in [0.25, 0.3) is 0 Å². The van der Waals surface area contributed by atoms with Crippen LogP contribution < -0.4 is 10.1 Å². The van der Waals surface area contributed by atoms with Crippen molar-refractivity contribution in [2.45, 2.75) is 20.0 Å². The first-order valence-electron chi connectivity index (χ1n) is 5.85. The fraction of sp³-hybridized carbons (Fsp3) is 0.538. The molecule has 0 aliphatic rings. The first-order valence-corrected chi connectivity index (χ1v) is 5.85. The van der Waals surface area contributed by atoms with Crippen LogP contribution in [0.2, 0.25) is 0 Å². The van der Waals surface area contributed by atoms with E-state index in [4.69, 9.17) is 4.74 Å². The monoisotopic (exact) mass is 241 g/mol. The highest BCUT2D eigenvalue weighted by molar-refractivity contribution is 5.22. The summed E-state index contributed by atoms with van der Waals surface area (Å²) in [6.07, 6.45) is -0.586. The molecule has 17 heavy (non-hydrogen) atoms. The molecule has 0 radical (unpaired) electrons. The van der Waals surface area contributed by atoms with E-state index in [1.54, 1.807) is 12.1 Å². The number of benzene rings is 1. The van der Waals surface area contributed by atoms with Crippen LogP contribution >= 0.6 is 0 Å². The zero-order valence-corrected chi connectivity index (χ0v) is 10.3. The van der Waals surface area contributed by atoms with Gasteiger partial charge in [-0.05, 0) is 24.6 Å². The second-order valence-corrected chi connectivity index (χ2v) is 4.47. The molecule has 0 amide bonds. The second-order valence-electron chi connectivity index (χ2n) is 4.47. The molecule has 0 aliphatic carbocycles. The lowest BCUT2D eigenvalue weighted by Crippen LogP contribution is -2.33. The Bertz CT molecular complexity index is 331. The van der Waals surface area contributed by atoms with E-state index in [2.05, 4.69) is 19.2 Å². The summed E-state index contributed by atoms with van der Waals surface area (Å²) < 4.78 is 18.1. The molecule has 1 rings (SSSR count). The maximum atomic E-state index is 12.8. The van der Waals surface area contributed by atoms with Crippen LogP contribution in [0.15, 0.2) is 24.3 Å². The van der Waals surface area contributed by atoms with Gasteiger partial charge in [0.2, 0.25) is 0 Å². The van der Waals surface area contributed by atoms with Crippen LogP contribution in [0.5, 0.6) is 5.75 Å². The molecule has 1 unspecified atom stereocenters. The fourth-order valence-electron chi connectivity index (χ4n) is 1.35. The molecule has 0 saturated carbocycles. The molecular weight excluding hydrogens is 221 g/mol. The fourth-order valence-corrected chi connectivity index (χ4v) is 1.35. The van der Waals surface area contributed by atoms with Crippen molar-refractivity contribution < 1.29 is 14.2 Å². The summed E-state index contributed by atoms with van der Waals surface area (Å²) in [5, 5.41) is 12.7. The second kappa shape index (κ2) is 7.25. The number of ether oxygens (including phenoxy) is 1. The van der Waals surface area contributed by atoms with Crippen LogP contribution in [0, 0.1) is 11.7 Å². The molecule has 3 nitrogen and oxygen atoms in total. The van der Waals surface area contributed by atoms with E-state index < -0.39 is 6.10 Å². The van der Waals surface area contributed by atoms with E-state index in [1.807, 2.05) is 0 Å². The Morgan fingerprint density at radius 2 is 2.12 bits per heavy atom. The lowest BCUT2D eigenvalue weighted by Gasteiger charge is -2.14. The quantitative estimate of drug-likeness (QED) is 0.765. The summed E-state index contributed by atoms with van der Waals surface area (Å²) in [7, 11) is 0. The van der Waals surface area contributed by atoms with E-state index in [1.165, 1.54) is 12.1 Å². The van der Waals surface area contributed by atoms with Crippen molar-refractivity contribution in [1.29, 1.82) is 0 Å². The minimum Gasteiger partial charge on any atom is -0.491 e. The first-order chi connectivity index (χ1) is 8.08. The van der Waals surface area contributed by atoms with E-state index >= 15 is 0 Å². The van der Waals surface area contributed by atoms with Gasteiger partial charge in [0.15, 0.2) is 0 Å². The Morgan fingerprint density at radius 3 is 2.76 bits per heavy atom. The van der Waals surface area contributed by atoms with Crippen molar-refractivity contribution in [2.24, 2.45) is 5.92 Å². The standard InChI is InChI=1S/C13H20FNO2/c1-10(2)7-15-8-12(16)9-17-13-5-3-4-11(14)6-13/h3-6,10,12,15-16H,7-9H2,1-2H3. The molecule has 2 N–H and O–H groups in total. The highest BCUT2D eigenvalue weighted by atomic mass is 19.1. The number of hydrogen-bond acceptors (Lipinski definition) is 3. The molecule has 4 heteroatoms. The van der Waals surface area contributed by atoms with Gasteiger partial charge in [-0.3, -0.25) is 0 Å². The van der Waals surface area contributed by atoms with Crippen molar-refractivity contribution in [3.05, 3.63) is 30.1 Å². The molecule has 1 atom stereocenters. The maximum Gasteiger partial charge on any atom is 0.126 e. The zero-order chi connectivity index (χ0) is 12.7. The Hall–Kier alpha value is -1.13. The number of rotatable bonds is 7. The zero-order valence-electron chi connectivity index (χ0n) is 10.3. The normalized spacial score (nSPS) is 12.8. The maximum absolute atomic E-state index is 12.8. The molecule has 1 aromatic rings. The minimum absolute atomic E-state index is 0.161. The lowest BCUT2D eigenvalue weighted by molar-refractivity contribution is 0.105. The largest absolute Gasteiger partial charge is 0.491 e. The van der Waals surface area contributed by atoms with Gasteiger partial charge >= 0.3 is 0 Å². The van der Waals surface area contributed by atoms with Crippen molar-refractivity contribution in [3.8, 4) is 5.75 Å². The molecule has 0 spiro atoms. The summed E-state index contributed by atoms with van der Waals surface area (Å²) in [4.78, 5) is 0. The highest BCUT2D eigenvalue weighted by Crippen LogP contribution is 2.11. The summed E-state index contributed by atoms with van der Waals surface area (Å²) in [6, 6.07) is 5.90. The van der Waals surface area contributed by atoms with Crippen molar-refractivity contribution >= 4 is 0 Å². The van der Waals surface area contributed by atoms with Crippen molar-refractivity contribution in [1.82, 2.24) is 5.32 Å². The number of halogens is 1. The van der Waals surface area contributed by atoms with Gasteiger partial charge in [0.1, 0.15) is 24.3 Å². The summed E-state index contributed by atoms with van der Waals surface area (Å²) in [5.74, 6) is 0.647. The predicted molar refractivity (Wildman–Crippen MR) is 65.6 cm³/mol. The van der Waals surface area contributed by atoms with E-state index in [9.17, 15) is 9.50 Å². The third-order valence-corrected chi connectivity index (χ3v) is 2.17. The van der Waals surface area contributed by atoms with Gasteiger partial charge in [-0.2, -0.15) is 0 Å². The Labute approximate surface area is 102 Å². The summed E-state index contributed by atoms with van der Waals surface area (Å²) in [6.45, 7) is 5.70. The molecule has 0 bridgehead atoms. The number of hydrogen-bond donors (Lipinski definition) is 2. The first kappa shape index (κ1) is 13.9. The average Bonchev–Trinajstić information content (AvgIpc) is 2.26. The van der Waals surface area contributed by atoms with Crippen LogP contribution in [0.1, 0.15) is 13.8 Å². The lowest BCUT2D eigenvalue weighted by atomic mass is 10.2. The Kier molecular flexibility index (Phi) is 5.94. The average molecular weight is 241 g/mol. The molecular formula is C13H20FNO2. The smallest absolute Gasteiger partial charge is 0.126 e. The van der Waals surface area contributed by atoms with Crippen LogP contribution in [0.3, 0.4) is 0 Å². The van der Waals surface area contributed by atoms with Gasteiger partial charge in [0.05, 0.1) is 0 Å². The van der Waals surface area contributed by atoms with E-state index in [-0.39, 0.29) is 12.4 Å². The minimum atomic E-state index is -0.586. The molecule has 0 aliphatic heterocycles. The van der Waals surface area contributed by atoms with Gasteiger partial charge < -0.3 is 15.2 Å². The molecule has 0 fully saturated rings. The van der Waals surface area contributed by atoms with Crippen LogP contribution in [-0.4, -0.2) is 30.9 Å². The Morgan fingerprint density at radius 1 is 1.35 bits per heavy atom. The van der Waals surface area contributed by atoms with Crippen molar-refractivity contribution in [2.75, 3.05) is 19.7 Å². The molecule has 0 saturated heterocycles. The third-order valence-electron chi connectivity index (χ3n) is 2.17. The van der Waals surface area contributed by atoms with Crippen LogP contribution in [0.4, 0.5) is 4.39 Å². The summed E-state index contributed by atoms with van der Waals surface area (Å²) in [5.41, 5.74) is 0. The number of nitrogens with one attached hydrogen (secondary N) is 1.